The Bertz CT molecular complexity index is 1240. The van der Waals surface area contributed by atoms with Gasteiger partial charge in [0.2, 0.25) is 23.8 Å². The number of Topliss-reactive ketones (excluding diaryl/α,β-unsaturated/α-hetero) is 2. The van der Waals surface area contributed by atoms with Crippen LogP contribution in [0.1, 0.15) is 71.9 Å². The van der Waals surface area contributed by atoms with Crippen LogP contribution in [0.5, 0.6) is 0 Å². The van der Waals surface area contributed by atoms with Crippen molar-refractivity contribution in [2.45, 2.75) is 52.4 Å². The van der Waals surface area contributed by atoms with E-state index in [0.717, 1.165) is 19.4 Å². The molecule has 2 atom stereocenters. The van der Waals surface area contributed by atoms with E-state index in [1.165, 1.54) is 42.5 Å². The zero-order valence-corrected chi connectivity index (χ0v) is 22.4. The van der Waals surface area contributed by atoms with Gasteiger partial charge >= 0.3 is 5.97 Å². The first-order chi connectivity index (χ1) is 18.4. The average molecular weight is 535 g/mol. The summed E-state index contributed by atoms with van der Waals surface area (Å²) in [6.07, 6.45) is 3.34. The number of nitrogens with one attached hydrogen (secondary N) is 2. The molecule has 1 heterocycles. The molecule has 3 N–H and O–H groups in total. The molecule has 0 spiro atoms. The minimum absolute atomic E-state index is 0.0127. The van der Waals surface area contributed by atoms with Gasteiger partial charge in [-0.2, -0.15) is 0 Å². The van der Waals surface area contributed by atoms with Crippen LogP contribution in [-0.4, -0.2) is 59.8 Å². The van der Waals surface area contributed by atoms with E-state index >= 15 is 0 Å². The molecule has 0 aromatic heterocycles. The van der Waals surface area contributed by atoms with Crippen LogP contribution in [-0.2, 0) is 19.1 Å². The normalized spacial score (nSPS) is 16.1. The first-order valence-electron chi connectivity index (χ1n) is 12.8. The van der Waals surface area contributed by atoms with Crippen molar-refractivity contribution in [3.8, 4) is 0 Å². The smallest absolute Gasteiger partial charge is 0.313 e. The highest BCUT2D eigenvalue weighted by molar-refractivity contribution is 6.49. The molecule has 2 aromatic rings. The Labute approximate surface area is 227 Å². The Morgan fingerprint density at radius 1 is 1.03 bits per heavy atom. The van der Waals surface area contributed by atoms with Crippen LogP contribution < -0.4 is 5.32 Å². The van der Waals surface area contributed by atoms with Gasteiger partial charge < -0.3 is 25.3 Å². The van der Waals surface area contributed by atoms with E-state index in [4.69, 9.17) is 14.9 Å². The van der Waals surface area contributed by atoms with Crippen LogP contribution in [0.4, 0.5) is 0 Å². The Balaban J connectivity index is 1.53. The number of ketones is 2. The summed E-state index contributed by atoms with van der Waals surface area (Å²) >= 11 is 0. The van der Waals surface area contributed by atoms with E-state index in [9.17, 15) is 24.3 Å². The molecule has 39 heavy (non-hydrogen) atoms. The third-order valence-electron chi connectivity index (χ3n) is 6.06. The minimum Gasteiger partial charge on any atom is -0.435 e. The number of carbonyl (C=O) groups is 4. The molecule has 2 unspecified atom stereocenters. The predicted molar refractivity (Wildman–Crippen MR) is 146 cm³/mol. The van der Waals surface area contributed by atoms with Gasteiger partial charge in [-0.15, -0.1) is 0 Å². The van der Waals surface area contributed by atoms with Crippen molar-refractivity contribution in [1.29, 1.82) is 5.41 Å². The number of hydrogen-bond donors (Lipinski definition) is 3. The molecule has 2 aromatic carbocycles. The Morgan fingerprint density at radius 2 is 1.59 bits per heavy atom. The lowest BCUT2D eigenvalue weighted by Crippen LogP contribution is -2.30. The molecule has 9 heteroatoms. The lowest BCUT2D eigenvalue weighted by atomic mass is 9.97. The highest BCUT2D eigenvalue weighted by Crippen LogP contribution is 2.18. The van der Waals surface area contributed by atoms with Crippen LogP contribution in [0.3, 0.4) is 0 Å². The zero-order chi connectivity index (χ0) is 28.6. The topological polar surface area (TPSA) is 143 Å². The van der Waals surface area contributed by atoms with Crippen molar-refractivity contribution in [1.82, 2.24) is 5.32 Å². The molecule has 0 radical (unpaired) electrons. The highest BCUT2D eigenvalue weighted by Gasteiger charge is 2.26. The molecule has 9 nitrogen and oxygen atoms in total. The molecule has 1 fully saturated rings. The van der Waals surface area contributed by atoms with Crippen molar-refractivity contribution in [3.05, 3.63) is 76.9 Å². The second kappa shape index (κ2) is 13.2. The molecule has 0 saturated carbocycles. The zero-order valence-electron chi connectivity index (χ0n) is 22.4. The van der Waals surface area contributed by atoms with Gasteiger partial charge in [0.1, 0.15) is 0 Å². The SMILES string of the molecule is CC(C)(C)C(=O)OC(O)CC(=N)c1ccc(C(=O)C(=O)c2ccc(/C=C/C(=O)NCC3CCCO3)cc2)cc1. The van der Waals surface area contributed by atoms with Gasteiger partial charge in [0.25, 0.3) is 0 Å². The summed E-state index contributed by atoms with van der Waals surface area (Å²) in [6.45, 7) is 6.17. The quantitative estimate of drug-likeness (QED) is 0.0995. The van der Waals surface area contributed by atoms with Crippen LogP contribution in [0.25, 0.3) is 6.08 Å². The van der Waals surface area contributed by atoms with E-state index < -0.39 is 29.2 Å². The fourth-order valence-corrected chi connectivity index (χ4v) is 3.72. The maximum absolute atomic E-state index is 12.7. The van der Waals surface area contributed by atoms with Gasteiger partial charge in [-0.3, -0.25) is 19.2 Å². The van der Waals surface area contributed by atoms with Crippen molar-refractivity contribution in [2.24, 2.45) is 5.41 Å². The van der Waals surface area contributed by atoms with Crippen LogP contribution >= 0.6 is 0 Å². The van der Waals surface area contributed by atoms with Gasteiger partial charge in [-0.25, -0.2) is 0 Å². The first kappa shape index (κ1) is 29.6. The van der Waals surface area contributed by atoms with Gasteiger partial charge in [0.15, 0.2) is 0 Å². The largest absolute Gasteiger partial charge is 0.435 e. The van der Waals surface area contributed by atoms with Crippen LogP contribution in [0.15, 0.2) is 54.6 Å². The van der Waals surface area contributed by atoms with Gasteiger partial charge in [-0.1, -0.05) is 48.5 Å². The molecule has 3 rings (SSSR count). The Hall–Kier alpha value is -3.95. The molecule has 1 amide bonds. The number of rotatable bonds is 11. The molecule has 1 saturated heterocycles. The molecular formula is C30H34N2O7. The number of benzene rings is 2. The second-order valence-corrected chi connectivity index (χ2v) is 10.4. The molecular weight excluding hydrogens is 500 g/mol. The number of carbonyl (C=O) groups excluding carboxylic acids is 4. The van der Waals surface area contributed by atoms with Crippen LogP contribution in [0.2, 0.25) is 0 Å². The summed E-state index contributed by atoms with van der Waals surface area (Å²) in [5, 5.41) is 20.9. The number of amides is 1. The number of esters is 1. The summed E-state index contributed by atoms with van der Waals surface area (Å²) < 4.78 is 10.4. The van der Waals surface area contributed by atoms with E-state index in [0.29, 0.717) is 17.7 Å². The highest BCUT2D eigenvalue weighted by atomic mass is 16.6. The van der Waals surface area contributed by atoms with E-state index in [-0.39, 0.29) is 35.3 Å². The Morgan fingerprint density at radius 3 is 2.13 bits per heavy atom. The van der Waals surface area contributed by atoms with E-state index in [1.54, 1.807) is 39.0 Å². The molecule has 0 bridgehead atoms. The standard InChI is InChI=1S/C30H34N2O7/c1-30(2,3)29(37)39-26(34)17-24(31)20-11-13-22(14-12-20)28(36)27(35)21-9-6-19(7-10-21)8-15-25(33)32-18-23-5-4-16-38-23/h6-15,23,26,31,34H,4-5,16-18H2,1-3H3,(H,32,33)/b15-8+,31-24?. The monoisotopic (exact) mass is 534 g/mol. The molecule has 1 aliphatic heterocycles. The van der Waals surface area contributed by atoms with E-state index in [2.05, 4.69) is 5.32 Å². The third kappa shape index (κ3) is 8.80. The number of aliphatic hydroxyl groups is 1. The lowest BCUT2D eigenvalue weighted by molar-refractivity contribution is -0.176. The number of ether oxygens (including phenoxy) is 2. The van der Waals surface area contributed by atoms with Gasteiger partial charge in [-0.05, 0) is 50.8 Å². The number of hydrogen-bond acceptors (Lipinski definition) is 8. The fraction of sp³-hybridized carbons (Fsp3) is 0.367. The maximum Gasteiger partial charge on any atom is 0.313 e. The van der Waals surface area contributed by atoms with Crippen LogP contribution in [0, 0.1) is 10.8 Å². The summed E-state index contributed by atoms with van der Waals surface area (Å²) in [5.41, 5.74) is 0.711. The van der Waals surface area contributed by atoms with Gasteiger partial charge in [0.05, 0.1) is 17.9 Å². The van der Waals surface area contributed by atoms with E-state index in [1.807, 2.05) is 0 Å². The summed E-state index contributed by atoms with van der Waals surface area (Å²) in [7, 11) is 0. The summed E-state index contributed by atoms with van der Waals surface area (Å²) in [4.78, 5) is 49.3. The first-order valence-corrected chi connectivity index (χ1v) is 12.8. The fourth-order valence-electron chi connectivity index (χ4n) is 3.72. The summed E-state index contributed by atoms with van der Waals surface area (Å²) in [5.74, 6) is -2.21. The van der Waals surface area contributed by atoms with Crippen molar-refractivity contribution >= 4 is 35.2 Å². The minimum atomic E-state index is -1.47. The molecule has 0 aliphatic carbocycles. The summed E-state index contributed by atoms with van der Waals surface area (Å²) in [6, 6.07) is 12.2. The van der Waals surface area contributed by atoms with Crippen molar-refractivity contribution in [2.75, 3.05) is 13.2 Å². The Kier molecular flexibility index (Phi) is 10.0. The molecule has 206 valence electrons. The third-order valence-corrected chi connectivity index (χ3v) is 6.06. The van der Waals surface area contributed by atoms with Gasteiger partial charge in [0, 0.05) is 36.1 Å². The van der Waals surface area contributed by atoms with Crippen molar-refractivity contribution < 1.29 is 33.8 Å². The van der Waals surface area contributed by atoms with Crippen molar-refractivity contribution in [3.63, 3.8) is 0 Å². The molecule has 1 aliphatic rings. The predicted octanol–water partition coefficient (Wildman–Crippen LogP) is 3.73. The maximum atomic E-state index is 12.7. The lowest BCUT2D eigenvalue weighted by Gasteiger charge is -2.20. The number of aliphatic hydroxyl groups excluding tert-OH is 1. The average Bonchev–Trinajstić information content (AvgIpc) is 3.43. The second-order valence-electron chi connectivity index (χ2n) is 10.4.